The van der Waals surface area contributed by atoms with E-state index in [2.05, 4.69) is 10.1 Å². The number of carbonyl (C=O) groups is 3. The third-order valence-electron chi connectivity index (χ3n) is 3.23. The molecule has 0 heterocycles. The summed E-state index contributed by atoms with van der Waals surface area (Å²) in [4.78, 5) is 35.1. The molecule has 0 spiro atoms. The first-order valence-corrected chi connectivity index (χ1v) is 8.01. The molecule has 0 aliphatic carbocycles. The van der Waals surface area contributed by atoms with Gasteiger partial charge in [0.2, 0.25) is 0 Å². The van der Waals surface area contributed by atoms with Crippen molar-refractivity contribution in [3.63, 3.8) is 0 Å². The standard InChI is InChI=1S/C18H22N2O6/c1-12(2)8-15(18(23)24-3)20-16(21)10-26-17(22)11-25-14-6-4-13(9-19)5-7-14/h4-7,12,15H,8,10-11H2,1-3H3,(H,20,21)/t15-/m1/s1. The molecule has 1 aromatic carbocycles. The quantitative estimate of drug-likeness (QED) is 0.656. The molecule has 1 aromatic rings. The van der Waals surface area contributed by atoms with Crippen LogP contribution in [0.15, 0.2) is 24.3 Å². The summed E-state index contributed by atoms with van der Waals surface area (Å²) in [6.07, 6.45) is 0.411. The fourth-order valence-corrected chi connectivity index (χ4v) is 2.02. The number of carbonyl (C=O) groups excluding carboxylic acids is 3. The van der Waals surface area contributed by atoms with Crippen molar-refractivity contribution in [1.82, 2.24) is 5.32 Å². The van der Waals surface area contributed by atoms with E-state index in [1.165, 1.54) is 7.11 Å². The minimum absolute atomic E-state index is 0.169. The van der Waals surface area contributed by atoms with Gasteiger partial charge in [-0.15, -0.1) is 0 Å². The van der Waals surface area contributed by atoms with Crippen LogP contribution in [0.2, 0.25) is 0 Å². The molecule has 1 atom stereocenters. The number of esters is 2. The Kier molecular flexibility index (Phi) is 8.64. The lowest BCUT2D eigenvalue weighted by Crippen LogP contribution is -2.44. The maximum atomic E-state index is 11.8. The molecule has 0 bridgehead atoms. The van der Waals surface area contributed by atoms with Crippen molar-refractivity contribution in [2.45, 2.75) is 26.3 Å². The SMILES string of the molecule is COC(=O)[C@@H](CC(C)C)NC(=O)COC(=O)COc1ccc(C#N)cc1. The Morgan fingerprint density at radius 3 is 2.35 bits per heavy atom. The lowest BCUT2D eigenvalue weighted by atomic mass is 10.0. The van der Waals surface area contributed by atoms with Crippen molar-refractivity contribution >= 4 is 17.8 Å². The van der Waals surface area contributed by atoms with Crippen LogP contribution >= 0.6 is 0 Å². The van der Waals surface area contributed by atoms with Gasteiger partial charge in [-0.2, -0.15) is 5.26 Å². The highest BCUT2D eigenvalue weighted by molar-refractivity contribution is 5.86. The zero-order chi connectivity index (χ0) is 19.5. The Balaban J connectivity index is 2.39. The summed E-state index contributed by atoms with van der Waals surface area (Å²) in [5.74, 6) is -1.32. The predicted octanol–water partition coefficient (Wildman–Crippen LogP) is 1.18. The van der Waals surface area contributed by atoms with Crippen molar-refractivity contribution in [3.05, 3.63) is 29.8 Å². The molecular formula is C18H22N2O6. The summed E-state index contributed by atoms with van der Waals surface area (Å²) < 4.78 is 14.7. The number of methoxy groups -OCH3 is 1. The Morgan fingerprint density at radius 1 is 1.15 bits per heavy atom. The average molecular weight is 362 g/mol. The fraction of sp³-hybridized carbons (Fsp3) is 0.444. The molecule has 8 nitrogen and oxygen atoms in total. The summed E-state index contributed by atoms with van der Waals surface area (Å²) in [5.41, 5.74) is 0.471. The molecule has 8 heteroatoms. The van der Waals surface area contributed by atoms with E-state index in [1.54, 1.807) is 24.3 Å². The van der Waals surface area contributed by atoms with E-state index >= 15 is 0 Å². The van der Waals surface area contributed by atoms with Crippen LogP contribution in [0.25, 0.3) is 0 Å². The molecule has 26 heavy (non-hydrogen) atoms. The summed E-state index contributed by atoms with van der Waals surface area (Å²) in [6, 6.07) is 7.37. The minimum Gasteiger partial charge on any atom is -0.482 e. The number of nitriles is 1. The van der Waals surface area contributed by atoms with Crippen molar-refractivity contribution in [2.75, 3.05) is 20.3 Å². The van der Waals surface area contributed by atoms with Crippen LogP contribution in [0.4, 0.5) is 0 Å². The highest BCUT2D eigenvalue weighted by Gasteiger charge is 2.23. The predicted molar refractivity (Wildman–Crippen MR) is 91.0 cm³/mol. The summed E-state index contributed by atoms with van der Waals surface area (Å²) in [7, 11) is 1.24. The molecular weight excluding hydrogens is 340 g/mol. The zero-order valence-electron chi connectivity index (χ0n) is 15.0. The van der Waals surface area contributed by atoms with Crippen LogP contribution in [-0.2, 0) is 23.9 Å². The van der Waals surface area contributed by atoms with E-state index in [0.717, 1.165) is 0 Å². The van der Waals surface area contributed by atoms with Gasteiger partial charge in [0.25, 0.3) is 5.91 Å². The Bertz CT molecular complexity index is 663. The van der Waals surface area contributed by atoms with Crippen LogP contribution < -0.4 is 10.1 Å². The molecule has 0 aliphatic heterocycles. The maximum Gasteiger partial charge on any atom is 0.344 e. The lowest BCUT2D eigenvalue weighted by molar-refractivity contribution is -0.151. The Morgan fingerprint density at radius 2 is 1.81 bits per heavy atom. The second-order valence-electron chi connectivity index (χ2n) is 5.86. The van der Waals surface area contributed by atoms with Crippen molar-refractivity contribution in [3.8, 4) is 11.8 Å². The van der Waals surface area contributed by atoms with Crippen LogP contribution in [0, 0.1) is 17.2 Å². The normalized spacial score (nSPS) is 11.2. The van der Waals surface area contributed by atoms with Gasteiger partial charge < -0.3 is 19.5 Å². The molecule has 1 rings (SSSR count). The number of nitrogens with one attached hydrogen (secondary N) is 1. The number of nitrogens with zero attached hydrogens (tertiary/aromatic N) is 1. The molecule has 0 aromatic heterocycles. The van der Waals surface area contributed by atoms with Gasteiger partial charge >= 0.3 is 11.9 Å². The topological polar surface area (TPSA) is 115 Å². The molecule has 0 radical (unpaired) electrons. The van der Waals surface area contributed by atoms with Gasteiger partial charge in [-0.25, -0.2) is 9.59 Å². The van der Waals surface area contributed by atoms with E-state index < -0.39 is 30.5 Å². The van der Waals surface area contributed by atoms with Gasteiger partial charge in [0, 0.05) is 0 Å². The highest BCUT2D eigenvalue weighted by atomic mass is 16.6. The fourth-order valence-electron chi connectivity index (χ4n) is 2.02. The number of hydrogen-bond acceptors (Lipinski definition) is 7. The molecule has 1 amide bonds. The van der Waals surface area contributed by atoms with E-state index in [-0.39, 0.29) is 12.5 Å². The van der Waals surface area contributed by atoms with E-state index in [9.17, 15) is 14.4 Å². The first-order valence-electron chi connectivity index (χ1n) is 8.01. The molecule has 1 N–H and O–H groups in total. The maximum absolute atomic E-state index is 11.8. The van der Waals surface area contributed by atoms with Gasteiger partial charge in [-0.3, -0.25) is 4.79 Å². The minimum atomic E-state index is -0.791. The van der Waals surface area contributed by atoms with Crippen molar-refractivity contribution in [1.29, 1.82) is 5.26 Å². The third kappa shape index (κ3) is 7.66. The number of ether oxygens (including phenoxy) is 3. The van der Waals surface area contributed by atoms with Gasteiger partial charge in [0.05, 0.1) is 18.7 Å². The molecule has 0 unspecified atom stereocenters. The van der Waals surface area contributed by atoms with Crippen molar-refractivity contribution in [2.24, 2.45) is 5.92 Å². The number of benzene rings is 1. The molecule has 140 valence electrons. The van der Waals surface area contributed by atoms with Crippen LogP contribution in [0.3, 0.4) is 0 Å². The summed E-state index contributed by atoms with van der Waals surface area (Å²) in [5, 5.41) is 11.2. The highest BCUT2D eigenvalue weighted by Crippen LogP contribution is 2.11. The summed E-state index contributed by atoms with van der Waals surface area (Å²) >= 11 is 0. The molecule has 0 saturated heterocycles. The van der Waals surface area contributed by atoms with Crippen LogP contribution in [0.5, 0.6) is 5.75 Å². The van der Waals surface area contributed by atoms with E-state index in [1.807, 2.05) is 19.9 Å². The smallest absolute Gasteiger partial charge is 0.344 e. The second kappa shape index (κ2) is 10.7. The largest absolute Gasteiger partial charge is 0.482 e. The van der Waals surface area contributed by atoms with Gasteiger partial charge in [0.1, 0.15) is 11.8 Å². The third-order valence-corrected chi connectivity index (χ3v) is 3.23. The number of hydrogen-bond donors (Lipinski definition) is 1. The zero-order valence-corrected chi connectivity index (χ0v) is 15.0. The monoisotopic (exact) mass is 362 g/mol. The Hall–Kier alpha value is -3.08. The van der Waals surface area contributed by atoms with Gasteiger partial charge in [0.15, 0.2) is 13.2 Å². The second-order valence-corrected chi connectivity index (χ2v) is 5.86. The number of rotatable bonds is 9. The number of amides is 1. The molecule has 0 saturated carbocycles. The van der Waals surface area contributed by atoms with Crippen LogP contribution in [-0.4, -0.2) is 44.2 Å². The average Bonchev–Trinajstić information content (AvgIpc) is 2.63. The Labute approximate surface area is 152 Å². The van der Waals surface area contributed by atoms with Gasteiger partial charge in [-0.1, -0.05) is 13.8 Å². The van der Waals surface area contributed by atoms with E-state index in [0.29, 0.717) is 17.7 Å². The molecule has 0 aliphatic rings. The van der Waals surface area contributed by atoms with Gasteiger partial charge in [-0.05, 0) is 36.6 Å². The van der Waals surface area contributed by atoms with E-state index in [4.69, 9.17) is 14.7 Å². The molecule has 0 fully saturated rings. The first-order chi connectivity index (χ1) is 12.3. The van der Waals surface area contributed by atoms with Crippen LogP contribution in [0.1, 0.15) is 25.8 Å². The lowest BCUT2D eigenvalue weighted by Gasteiger charge is -2.18. The summed E-state index contributed by atoms with van der Waals surface area (Å²) in [6.45, 7) is 2.90. The van der Waals surface area contributed by atoms with Crippen molar-refractivity contribution < 1.29 is 28.6 Å². The first kappa shape index (κ1) is 21.0.